The number of carbonyl (C=O) groups excluding carboxylic acids is 1. The van der Waals surface area contributed by atoms with Gasteiger partial charge in [-0.1, -0.05) is 13.8 Å². The van der Waals surface area contributed by atoms with Gasteiger partial charge in [-0.05, 0) is 44.9 Å². The smallest absolute Gasteiger partial charge is 0.313 e. The summed E-state index contributed by atoms with van der Waals surface area (Å²) in [5, 5.41) is 9.21. The minimum atomic E-state index is -0.842. The predicted octanol–water partition coefficient (Wildman–Crippen LogP) is 2.37. The van der Waals surface area contributed by atoms with Crippen LogP contribution in [0.3, 0.4) is 0 Å². The number of rotatable bonds is 3. The van der Waals surface area contributed by atoms with E-state index in [0.717, 1.165) is 25.7 Å². The molecule has 4 aliphatic heterocycles. The van der Waals surface area contributed by atoms with Gasteiger partial charge in [-0.25, -0.2) is 9.78 Å². The van der Waals surface area contributed by atoms with Crippen LogP contribution in [-0.4, -0.2) is 41.7 Å². The van der Waals surface area contributed by atoms with Crippen LogP contribution in [0.1, 0.15) is 53.4 Å². The second-order valence-electron chi connectivity index (χ2n) is 8.79. The van der Waals surface area contributed by atoms with Crippen molar-refractivity contribution in [2.24, 2.45) is 29.6 Å². The summed E-state index contributed by atoms with van der Waals surface area (Å²) in [5.74, 6) is -1.03. The van der Waals surface area contributed by atoms with Crippen LogP contribution in [0.5, 0.6) is 0 Å². The molecule has 4 heterocycles. The number of aliphatic hydroxyl groups excluding tert-OH is 1. The molecule has 4 saturated heterocycles. The van der Waals surface area contributed by atoms with Crippen molar-refractivity contribution in [3.8, 4) is 0 Å². The SMILES string of the molecule is CC(CO)C(=O)O[C@H]1O[C@@H]2O[C@@]3(C)CC[C@H]4[C@H](C)CC[C@@H]([C@H]1C)[C@@]24OO3. The molecule has 0 aromatic carbocycles. The third kappa shape index (κ3) is 2.63. The fraction of sp³-hybridized carbons (Fsp3) is 0.947. The third-order valence-electron chi connectivity index (χ3n) is 7.01. The first-order valence-electron chi connectivity index (χ1n) is 9.82. The van der Waals surface area contributed by atoms with Crippen molar-refractivity contribution in [2.75, 3.05) is 6.61 Å². The lowest BCUT2D eigenvalue weighted by atomic mass is 9.58. The maximum absolute atomic E-state index is 12.2. The van der Waals surface area contributed by atoms with Crippen LogP contribution < -0.4 is 0 Å². The Morgan fingerprint density at radius 3 is 2.73 bits per heavy atom. The van der Waals surface area contributed by atoms with Crippen molar-refractivity contribution >= 4 is 5.97 Å². The molecule has 0 radical (unpaired) electrons. The minimum absolute atomic E-state index is 0.0502. The molecule has 5 fully saturated rings. The molecule has 1 unspecified atom stereocenters. The Hall–Kier alpha value is -0.730. The Kier molecular flexibility index (Phi) is 4.59. The van der Waals surface area contributed by atoms with Crippen molar-refractivity contribution in [2.45, 2.75) is 77.3 Å². The van der Waals surface area contributed by atoms with Crippen LogP contribution in [0.4, 0.5) is 0 Å². The van der Waals surface area contributed by atoms with E-state index in [1.807, 2.05) is 13.8 Å². The molecule has 7 heteroatoms. The van der Waals surface area contributed by atoms with Crippen LogP contribution in [0.25, 0.3) is 0 Å². The quantitative estimate of drug-likeness (QED) is 0.603. The number of ether oxygens (including phenoxy) is 3. The summed E-state index contributed by atoms with van der Waals surface area (Å²) in [5.41, 5.74) is -0.654. The molecule has 7 nitrogen and oxygen atoms in total. The summed E-state index contributed by atoms with van der Waals surface area (Å²) in [6.07, 6.45) is 2.43. The van der Waals surface area contributed by atoms with Gasteiger partial charge in [-0.3, -0.25) is 4.79 Å². The van der Waals surface area contributed by atoms with Crippen molar-refractivity contribution in [1.29, 1.82) is 0 Å². The van der Waals surface area contributed by atoms with Gasteiger partial charge in [-0.15, -0.1) is 0 Å². The molecule has 1 N–H and O–H groups in total. The van der Waals surface area contributed by atoms with Crippen molar-refractivity contribution in [3.63, 3.8) is 0 Å². The number of aliphatic hydroxyl groups is 1. The summed E-state index contributed by atoms with van der Waals surface area (Å²) in [6, 6.07) is 0. The summed E-state index contributed by atoms with van der Waals surface area (Å²) < 4.78 is 18.0. The molecule has 1 saturated carbocycles. The Balaban J connectivity index is 1.65. The second-order valence-corrected chi connectivity index (χ2v) is 8.79. The fourth-order valence-corrected chi connectivity index (χ4v) is 5.31. The Bertz CT molecular complexity index is 568. The van der Waals surface area contributed by atoms with E-state index < -0.39 is 35.9 Å². The lowest BCUT2D eigenvalue weighted by molar-refractivity contribution is -0.576. The highest BCUT2D eigenvalue weighted by Gasteiger charge is 2.69. The first kappa shape index (κ1) is 18.6. The molecule has 5 aliphatic rings. The molecule has 0 aromatic heterocycles. The van der Waals surface area contributed by atoms with E-state index in [2.05, 4.69) is 6.92 Å². The number of fused-ring (bicyclic) bond motifs is 2. The van der Waals surface area contributed by atoms with Gasteiger partial charge in [0.25, 0.3) is 0 Å². The van der Waals surface area contributed by atoms with E-state index in [9.17, 15) is 9.90 Å². The third-order valence-corrected chi connectivity index (χ3v) is 7.01. The summed E-state index contributed by atoms with van der Waals surface area (Å²) in [6.45, 7) is 7.55. The van der Waals surface area contributed by atoms with Crippen molar-refractivity contribution in [1.82, 2.24) is 0 Å². The zero-order valence-electron chi connectivity index (χ0n) is 16.0. The summed E-state index contributed by atoms with van der Waals surface area (Å²) in [7, 11) is 0. The molecule has 5 rings (SSSR count). The molecule has 2 bridgehead atoms. The van der Waals surface area contributed by atoms with Crippen LogP contribution >= 0.6 is 0 Å². The van der Waals surface area contributed by atoms with E-state index in [1.54, 1.807) is 6.92 Å². The maximum Gasteiger partial charge on any atom is 0.313 e. The van der Waals surface area contributed by atoms with Gasteiger partial charge in [0.05, 0.1) is 12.5 Å². The Labute approximate surface area is 154 Å². The molecule has 148 valence electrons. The first-order valence-corrected chi connectivity index (χ1v) is 9.82. The van der Waals surface area contributed by atoms with Crippen LogP contribution in [0.2, 0.25) is 0 Å². The van der Waals surface area contributed by atoms with Crippen LogP contribution in [0, 0.1) is 29.6 Å². The average Bonchev–Trinajstić information content (AvgIpc) is 2.84. The first-order chi connectivity index (χ1) is 12.3. The zero-order chi connectivity index (χ0) is 18.7. The molecule has 0 aromatic rings. The van der Waals surface area contributed by atoms with Gasteiger partial charge in [0, 0.05) is 18.3 Å². The van der Waals surface area contributed by atoms with Crippen molar-refractivity contribution < 1.29 is 33.9 Å². The number of esters is 1. The lowest BCUT2D eigenvalue weighted by Gasteiger charge is -2.59. The van der Waals surface area contributed by atoms with Gasteiger partial charge in [0.1, 0.15) is 0 Å². The van der Waals surface area contributed by atoms with E-state index in [-0.39, 0.29) is 24.4 Å². The van der Waals surface area contributed by atoms with E-state index in [0.29, 0.717) is 5.92 Å². The maximum atomic E-state index is 12.2. The lowest BCUT2D eigenvalue weighted by Crippen LogP contribution is -2.70. The Morgan fingerprint density at radius 1 is 1.23 bits per heavy atom. The van der Waals surface area contributed by atoms with Gasteiger partial charge in [0.2, 0.25) is 12.1 Å². The monoisotopic (exact) mass is 370 g/mol. The minimum Gasteiger partial charge on any atom is -0.435 e. The molecule has 0 amide bonds. The Morgan fingerprint density at radius 2 is 2.00 bits per heavy atom. The standard InChI is InChI=1S/C19H30O7/c1-10-5-6-14-12(3)16(22-15(21)11(2)9-20)23-17-19(14)13(10)7-8-18(4,24-17)25-26-19/h10-14,16-17,20H,5-9H2,1-4H3/t10-,11?,12-,13+,14+,16+,17-,18-,19-/m1/s1. The number of carbonyl (C=O) groups is 1. The molecule has 9 atom stereocenters. The summed E-state index contributed by atoms with van der Waals surface area (Å²) in [4.78, 5) is 24.0. The molecular formula is C19H30O7. The number of hydrogen-bond acceptors (Lipinski definition) is 7. The highest BCUT2D eigenvalue weighted by molar-refractivity contribution is 5.72. The fourth-order valence-electron chi connectivity index (χ4n) is 5.31. The van der Waals surface area contributed by atoms with E-state index >= 15 is 0 Å². The highest BCUT2D eigenvalue weighted by atomic mass is 17.3. The van der Waals surface area contributed by atoms with Gasteiger partial charge in [0.15, 0.2) is 11.9 Å². The summed E-state index contributed by atoms with van der Waals surface area (Å²) >= 11 is 0. The van der Waals surface area contributed by atoms with Crippen molar-refractivity contribution in [3.05, 3.63) is 0 Å². The topological polar surface area (TPSA) is 83.5 Å². The van der Waals surface area contributed by atoms with Gasteiger partial charge in [-0.2, -0.15) is 0 Å². The zero-order valence-corrected chi connectivity index (χ0v) is 16.0. The van der Waals surface area contributed by atoms with E-state index in [1.165, 1.54) is 0 Å². The molecular weight excluding hydrogens is 340 g/mol. The average molecular weight is 370 g/mol. The number of hydrogen-bond donors (Lipinski definition) is 1. The van der Waals surface area contributed by atoms with Crippen LogP contribution in [-0.2, 0) is 28.8 Å². The highest BCUT2D eigenvalue weighted by Crippen LogP contribution is 2.60. The molecule has 26 heavy (non-hydrogen) atoms. The van der Waals surface area contributed by atoms with Gasteiger partial charge < -0.3 is 19.3 Å². The van der Waals surface area contributed by atoms with E-state index in [4.69, 9.17) is 24.0 Å². The van der Waals surface area contributed by atoms with Crippen LogP contribution in [0.15, 0.2) is 0 Å². The second kappa shape index (κ2) is 6.41. The molecule has 1 spiro atoms. The molecule has 1 aliphatic carbocycles. The van der Waals surface area contributed by atoms with Gasteiger partial charge >= 0.3 is 5.97 Å². The normalized spacial score (nSPS) is 51.3. The predicted molar refractivity (Wildman–Crippen MR) is 89.2 cm³/mol. The largest absolute Gasteiger partial charge is 0.435 e.